The van der Waals surface area contributed by atoms with Gasteiger partial charge in [0.25, 0.3) is 5.91 Å². The third kappa shape index (κ3) is 6.30. The van der Waals surface area contributed by atoms with Gasteiger partial charge in [0.15, 0.2) is 11.5 Å². The van der Waals surface area contributed by atoms with Crippen LogP contribution >= 0.6 is 22.6 Å². The smallest absolute Gasteiger partial charge is 0.251 e. The first kappa shape index (κ1) is 21.3. The number of carbonyl (C=O) groups excluding carboxylic acids is 1. The van der Waals surface area contributed by atoms with Crippen molar-refractivity contribution in [2.24, 2.45) is 5.92 Å². The van der Waals surface area contributed by atoms with Crippen molar-refractivity contribution in [3.63, 3.8) is 0 Å². The molecule has 0 bridgehead atoms. The van der Waals surface area contributed by atoms with Crippen LogP contribution in [0.15, 0.2) is 36.4 Å². The molecule has 146 valence electrons. The second-order valence-corrected chi connectivity index (χ2v) is 7.71. The summed E-state index contributed by atoms with van der Waals surface area (Å²) in [6, 6.07) is 11.1. The third-order valence-electron chi connectivity index (χ3n) is 4.05. The number of methoxy groups -OCH3 is 2. The van der Waals surface area contributed by atoms with Crippen molar-refractivity contribution in [3.8, 4) is 17.2 Å². The monoisotopic (exact) mass is 483 g/mol. The quantitative estimate of drug-likeness (QED) is 0.528. The molecular formula is C21H26INO4. The number of carbonyl (C=O) groups is 1. The molecule has 6 heteroatoms. The Labute approximate surface area is 174 Å². The average molecular weight is 483 g/mol. The van der Waals surface area contributed by atoms with Gasteiger partial charge in [-0.3, -0.25) is 4.79 Å². The number of halogens is 1. The highest BCUT2D eigenvalue weighted by molar-refractivity contribution is 14.1. The van der Waals surface area contributed by atoms with Gasteiger partial charge < -0.3 is 19.5 Å². The predicted octanol–water partition coefficient (Wildman–Crippen LogP) is 4.66. The van der Waals surface area contributed by atoms with Crippen LogP contribution < -0.4 is 19.5 Å². The molecule has 1 amide bonds. The fraction of sp³-hybridized carbons (Fsp3) is 0.381. The van der Waals surface area contributed by atoms with Crippen molar-refractivity contribution in [3.05, 3.63) is 51.1 Å². The molecule has 0 aliphatic carbocycles. The lowest BCUT2D eigenvalue weighted by Gasteiger charge is -2.13. The lowest BCUT2D eigenvalue weighted by Crippen LogP contribution is -2.22. The Kier molecular flexibility index (Phi) is 8.22. The maximum atomic E-state index is 12.4. The van der Waals surface area contributed by atoms with E-state index in [1.807, 2.05) is 18.2 Å². The van der Waals surface area contributed by atoms with Gasteiger partial charge in [-0.15, -0.1) is 0 Å². The molecule has 0 atom stereocenters. The van der Waals surface area contributed by atoms with E-state index in [9.17, 15) is 4.79 Å². The van der Waals surface area contributed by atoms with Gasteiger partial charge >= 0.3 is 0 Å². The van der Waals surface area contributed by atoms with Crippen LogP contribution in [0.1, 0.15) is 36.2 Å². The van der Waals surface area contributed by atoms with Crippen LogP contribution in [0, 0.1) is 9.49 Å². The summed E-state index contributed by atoms with van der Waals surface area (Å²) in [6.07, 6.45) is 0.988. The van der Waals surface area contributed by atoms with E-state index in [4.69, 9.17) is 14.2 Å². The van der Waals surface area contributed by atoms with Crippen molar-refractivity contribution in [2.45, 2.75) is 26.8 Å². The van der Waals surface area contributed by atoms with E-state index in [0.29, 0.717) is 30.4 Å². The number of nitrogens with one attached hydrogen (secondary N) is 1. The fourth-order valence-corrected chi connectivity index (χ4v) is 3.17. The molecule has 0 radical (unpaired) electrons. The van der Waals surface area contributed by atoms with Crippen molar-refractivity contribution in [2.75, 3.05) is 20.8 Å². The molecule has 0 heterocycles. The summed E-state index contributed by atoms with van der Waals surface area (Å²) in [4.78, 5) is 12.4. The van der Waals surface area contributed by atoms with Crippen LogP contribution in [0.4, 0.5) is 0 Å². The van der Waals surface area contributed by atoms with Crippen LogP contribution in [0.3, 0.4) is 0 Å². The minimum atomic E-state index is -0.133. The second-order valence-electron chi connectivity index (χ2n) is 6.55. The van der Waals surface area contributed by atoms with Crippen molar-refractivity contribution >= 4 is 28.5 Å². The van der Waals surface area contributed by atoms with Crippen LogP contribution in [0.5, 0.6) is 17.2 Å². The normalized spacial score (nSPS) is 10.6. The number of hydrogen-bond acceptors (Lipinski definition) is 4. The summed E-state index contributed by atoms with van der Waals surface area (Å²) in [7, 11) is 3.23. The Hall–Kier alpha value is -1.96. The lowest BCUT2D eigenvalue weighted by atomic mass is 10.1. The number of ether oxygens (including phenoxy) is 3. The Morgan fingerprint density at radius 2 is 1.74 bits per heavy atom. The van der Waals surface area contributed by atoms with E-state index in [0.717, 1.165) is 27.1 Å². The molecule has 0 saturated carbocycles. The average Bonchev–Trinajstić information content (AvgIpc) is 2.66. The first-order valence-corrected chi connectivity index (χ1v) is 9.94. The number of benzene rings is 2. The van der Waals surface area contributed by atoms with Crippen molar-refractivity contribution in [1.82, 2.24) is 5.32 Å². The van der Waals surface area contributed by atoms with Gasteiger partial charge in [-0.2, -0.15) is 0 Å². The zero-order valence-corrected chi connectivity index (χ0v) is 18.3. The van der Waals surface area contributed by atoms with Gasteiger partial charge in [-0.05, 0) is 70.8 Å². The predicted molar refractivity (Wildman–Crippen MR) is 115 cm³/mol. The molecule has 2 rings (SSSR count). The zero-order valence-electron chi connectivity index (χ0n) is 16.2. The number of rotatable bonds is 9. The Morgan fingerprint density at radius 1 is 1.04 bits per heavy atom. The topological polar surface area (TPSA) is 56.8 Å². The largest absolute Gasteiger partial charge is 0.496 e. The molecule has 0 fully saturated rings. The highest BCUT2D eigenvalue weighted by atomic mass is 127. The number of amides is 1. The van der Waals surface area contributed by atoms with Crippen LogP contribution in [0.25, 0.3) is 0 Å². The van der Waals surface area contributed by atoms with Crippen LogP contribution in [-0.4, -0.2) is 26.7 Å². The minimum Gasteiger partial charge on any atom is -0.496 e. The van der Waals surface area contributed by atoms with Crippen LogP contribution in [-0.2, 0) is 6.54 Å². The van der Waals surface area contributed by atoms with Crippen molar-refractivity contribution in [1.29, 1.82) is 0 Å². The van der Waals surface area contributed by atoms with Gasteiger partial charge in [0, 0.05) is 12.1 Å². The minimum absolute atomic E-state index is 0.133. The zero-order chi connectivity index (χ0) is 19.8. The van der Waals surface area contributed by atoms with Gasteiger partial charge in [0.05, 0.1) is 24.4 Å². The molecular weight excluding hydrogens is 457 g/mol. The summed E-state index contributed by atoms with van der Waals surface area (Å²) >= 11 is 2.15. The van der Waals surface area contributed by atoms with E-state index >= 15 is 0 Å². The highest BCUT2D eigenvalue weighted by Crippen LogP contribution is 2.28. The Morgan fingerprint density at radius 3 is 2.37 bits per heavy atom. The van der Waals surface area contributed by atoms with Gasteiger partial charge in [0.1, 0.15) is 5.75 Å². The molecule has 0 unspecified atom stereocenters. The molecule has 0 aliphatic rings. The molecule has 1 N–H and O–H groups in total. The molecule has 0 spiro atoms. The van der Waals surface area contributed by atoms with E-state index in [1.165, 1.54) is 0 Å². The van der Waals surface area contributed by atoms with Gasteiger partial charge in [-0.25, -0.2) is 0 Å². The Bertz CT molecular complexity index is 777. The maximum absolute atomic E-state index is 12.4. The first-order valence-electron chi connectivity index (χ1n) is 8.86. The highest BCUT2D eigenvalue weighted by Gasteiger charge is 2.10. The summed E-state index contributed by atoms with van der Waals surface area (Å²) < 4.78 is 17.3. The molecule has 27 heavy (non-hydrogen) atoms. The fourth-order valence-electron chi connectivity index (χ4n) is 2.44. The van der Waals surface area contributed by atoms with Gasteiger partial charge in [-0.1, -0.05) is 19.9 Å². The maximum Gasteiger partial charge on any atom is 0.251 e. The van der Waals surface area contributed by atoms with E-state index in [1.54, 1.807) is 32.4 Å². The van der Waals surface area contributed by atoms with Crippen molar-refractivity contribution < 1.29 is 19.0 Å². The van der Waals surface area contributed by atoms with E-state index in [2.05, 4.69) is 41.8 Å². The lowest BCUT2D eigenvalue weighted by molar-refractivity contribution is 0.0950. The summed E-state index contributed by atoms with van der Waals surface area (Å²) in [5, 5.41) is 2.93. The standard InChI is InChI=1S/C21H26INO4/c1-14(2)9-10-27-19-7-5-15(11-20(19)26-4)13-23-21(24)16-6-8-18(25-3)17(22)12-16/h5-8,11-12,14H,9-10,13H2,1-4H3,(H,23,24). The number of hydrogen-bond donors (Lipinski definition) is 1. The van der Waals surface area contributed by atoms with E-state index < -0.39 is 0 Å². The summed E-state index contributed by atoms with van der Waals surface area (Å²) in [5.74, 6) is 2.60. The molecule has 2 aromatic rings. The SMILES string of the molecule is COc1ccc(C(=O)NCc2ccc(OCCC(C)C)c(OC)c2)cc1I. The van der Waals surface area contributed by atoms with E-state index in [-0.39, 0.29) is 5.91 Å². The molecule has 0 saturated heterocycles. The Balaban J connectivity index is 1.98. The second kappa shape index (κ2) is 10.4. The summed E-state index contributed by atoms with van der Waals surface area (Å²) in [5.41, 5.74) is 1.54. The van der Waals surface area contributed by atoms with Crippen LogP contribution in [0.2, 0.25) is 0 Å². The summed E-state index contributed by atoms with van der Waals surface area (Å²) in [6.45, 7) is 5.39. The van der Waals surface area contributed by atoms with Gasteiger partial charge in [0.2, 0.25) is 0 Å². The molecule has 2 aromatic carbocycles. The molecule has 0 aliphatic heterocycles. The third-order valence-corrected chi connectivity index (χ3v) is 4.89. The molecule has 0 aromatic heterocycles. The molecule has 5 nitrogen and oxygen atoms in total. The first-order chi connectivity index (χ1) is 12.9.